The third-order valence-electron chi connectivity index (χ3n) is 5.68. The minimum Gasteiger partial charge on any atom is -0.394 e. The Balaban J connectivity index is 1.67. The molecule has 188 valence electrons. The fourth-order valence-electron chi connectivity index (χ4n) is 3.65. The number of hydrogen-bond acceptors (Lipinski definition) is 15. The SMILES string of the molecule is OC[C@H]1O[C@@H](O[C@H]2[C@@H](OC[C@H]3O[C@@H](O)[C@H](O)[C@@H](O)[C@@H]3O)OC[C@@H](O)[C@@H]2O)[C@H](O)[C@@H](O)[C@H]1O. The van der Waals surface area contributed by atoms with Crippen LogP contribution in [0.5, 0.6) is 0 Å². The van der Waals surface area contributed by atoms with Gasteiger partial charge in [-0.1, -0.05) is 0 Å². The number of ether oxygens (including phenoxy) is 5. The minimum atomic E-state index is -1.80. The van der Waals surface area contributed by atoms with E-state index in [0.717, 1.165) is 0 Å². The van der Waals surface area contributed by atoms with Crippen LogP contribution >= 0.6 is 0 Å². The molecule has 15 nitrogen and oxygen atoms in total. The molecule has 32 heavy (non-hydrogen) atoms. The number of rotatable bonds is 6. The Morgan fingerprint density at radius 2 is 1.28 bits per heavy atom. The van der Waals surface area contributed by atoms with E-state index in [9.17, 15) is 51.1 Å². The van der Waals surface area contributed by atoms with Crippen LogP contribution in [-0.4, -0.2) is 157 Å². The maximum atomic E-state index is 10.3. The Labute approximate surface area is 181 Å². The molecule has 3 heterocycles. The van der Waals surface area contributed by atoms with Crippen molar-refractivity contribution in [1.29, 1.82) is 0 Å². The molecule has 15 heteroatoms. The zero-order valence-electron chi connectivity index (χ0n) is 16.7. The molecule has 3 aliphatic rings. The first-order valence-electron chi connectivity index (χ1n) is 9.99. The normalized spacial score (nSPS) is 52.7. The minimum absolute atomic E-state index is 0.390. The summed E-state index contributed by atoms with van der Waals surface area (Å²) >= 11 is 0. The summed E-state index contributed by atoms with van der Waals surface area (Å²) < 4.78 is 26.4. The van der Waals surface area contributed by atoms with E-state index in [-0.39, 0.29) is 0 Å². The lowest BCUT2D eigenvalue weighted by atomic mass is 9.98. The third kappa shape index (κ3) is 5.22. The van der Waals surface area contributed by atoms with Gasteiger partial charge in [-0.3, -0.25) is 0 Å². The summed E-state index contributed by atoms with van der Waals surface area (Å²) in [6.45, 7) is -1.63. The van der Waals surface area contributed by atoms with E-state index < -0.39 is 106 Å². The largest absolute Gasteiger partial charge is 0.394 e. The summed E-state index contributed by atoms with van der Waals surface area (Å²) in [5.41, 5.74) is 0. The zero-order valence-corrected chi connectivity index (χ0v) is 16.7. The first-order chi connectivity index (χ1) is 15.1. The standard InChI is InChI=1S/C17H30O15/c18-1-5-8(21)11(24)13(26)16(31-5)32-14-7(20)4(19)2-28-17(14)29-3-6-9(22)10(23)12(25)15(27)30-6/h4-27H,1-3H2/t4-,5-,6-,7+,8+,9-,10+,11+,12-,13-,14-,15-,16+,17-/m1/s1. The van der Waals surface area contributed by atoms with Crippen LogP contribution in [0.15, 0.2) is 0 Å². The molecule has 0 saturated carbocycles. The van der Waals surface area contributed by atoms with E-state index in [1.54, 1.807) is 0 Å². The van der Waals surface area contributed by atoms with Crippen LogP contribution in [0.2, 0.25) is 0 Å². The van der Waals surface area contributed by atoms with E-state index in [1.807, 2.05) is 0 Å². The first kappa shape index (κ1) is 26.0. The van der Waals surface area contributed by atoms with Gasteiger partial charge in [0.15, 0.2) is 18.9 Å². The van der Waals surface area contributed by atoms with Crippen LogP contribution < -0.4 is 0 Å². The average molecular weight is 474 g/mol. The Kier molecular flexibility index (Phi) is 8.75. The Hall–Kier alpha value is -0.600. The second kappa shape index (κ2) is 10.8. The van der Waals surface area contributed by atoms with Crippen molar-refractivity contribution in [3.8, 4) is 0 Å². The monoisotopic (exact) mass is 474 g/mol. The van der Waals surface area contributed by atoms with Crippen LogP contribution in [0.4, 0.5) is 0 Å². The van der Waals surface area contributed by atoms with Gasteiger partial charge in [0.05, 0.1) is 19.8 Å². The van der Waals surface area contributed by atoms with Crippen molar-refractivity contribution in [1.82, 2.24) is 0 Å². The van der Waals surface area contributed by atoms with Gasteiger partial charge in [0, 0.05) is 0 Å². The van der Waals surface area contributed by atoms with Gasteiger partial charge in [0.2, 0.25) is 0 Å². The number of aliphatic hydroxyl groups excluding tert-OH is 10. The van der Waals surface area contributed by atoms with Crippen LogP contribution in [0.25, 0.3) is 0 Å². The van der Waals surface area contributed by atoms with E-state index in [0.29, 0.717) is 0 Å². The fourth-order valence-corrected chi connectivity index (χ4v) is 3.65. The topological polar surface area (TPSA) is 248 Å². The highest BCUT2D eigenvalue weighted by Crippen LogP contribution is 2.28. The molecule has 0 aliphatic carbocycles. The van der Waals surface area contributed by atoms with E-state index in [1.165, 1.54) is 0 Å². The van der Waals surface area contributed by atoms with Crippen molar-refractivity contribution in [2.24, 2.45) is 0 Å². The first-order valence-corrected chi connectivity index (χ1v) is 9.99. The molecule has 3 saturated heterocycles. The van der Waals surface area contributed by atoms with Gasteiger partial charge in [-0.05, 0) is 0 Å². The lowest BCUT2D eigenvalue weighted by Crippen LogP contribution is -2.63. The highest BCUT2D eigenvalue weighted by atomic mass is 16.8. The number of hydrogen-bond donors (Lipinski definition) is 10. The van der Waals surface area contributed by atoms with Crippen molar-refractivity contribution < 1.29 is 74.7 Å². The smallest absolute Gasteiger partial charge is 0.187 e. The highest BCUT2D eigenvalue weighted by molar-refractivity contribution is 4.92. The average Bonchev–Trinajstić information content (AvgIpc) is 2.78. The van der Waals surface area contributed by atoms with E-state index in [2.05, 4.69) is 0 Å². The van der Waals surface area contributed by atoms with E-state index in [4.69, 9.17) is 23.7 Å². The molecule has 0 unspecified atom stereocenters. The molecule has 0 radical (unpaired) electrons. The van der Waals surface area contributed by atoms with E-state index >= 15 is 0 Å². The van der Waals surface area contributed by atoms with Crippen LogP contribution in [-0.2, 0) is 23.7 Å². The predicted molar refractivity (Wildman–Crippen MR) is 95.2 cm³/mol. The summed E-state index contributed by atoms with van der Waals surface area (Å²) in [5.74, 6) is 0. The van der Waals surface area contributed by atoms with Gasteiger partial charge >= 0.3 is 0 Å². The predicted octanol–water partition coefficient (Wildman–Crippen LogP) is -6.93. The molecule has 0 aromatic carbocycles. The molecule has 0 bridgehead atoms. The molecule has 0 amide bonds. The van der Waals surface area contributed by atoms with Gasteiger partial charge in [-0.25, -0.2) is 0 Å². The Morgan fingerprint density at radius 3 is 1.94 bits per heavy atom. The van der Waals surface area contributed by atoms with Gasteiger partial charge < -0.3 is 74.7 Å². The van der Waals surface area contributed by atoms with Gasteiger partial charge in [0.1, 0.15) is 67.1 Å². The maximum Gasteiger partial charge on any atom is 0.187 e. The van der Waals surface area contributed by atoms with Crippen LogP contribution in [0.3, 0.4) is 0 Å². The van der Waals surface area contributed by atoms with Crippen molar-refractivity contribution in [3.63, 3.8) is 0 Å². The van der Waals surface area contributed by atoms with Crippen LogP contribution in [0, 0.1) is 0 Å². The molecular weight excluding hydrogens is 444 g/mol. The zero-order chi connectivity index (χ0) is 23.7. The maximum absolute atomic E-state index is 10.3. The summed E-state index contributed by atoms with van der Waals surface area (Å²) in [6, 6.07) is 0. The van der Waals surface area contributed by atoms with Crippen molar-refractivity contribution >= 4 is 0 Å². The molecule has 3 aliphatic heterocycles. The Morgan fingerprint density at radius 1 is 0.656 bits per heavy atom. The van der Waals surface area contributed by atoms with Gasteiger partial charge in [0.25, 0.3) is 0 Å². The second-order valence-electron chi connectivity index (χ2n) is 7.93. The quantitative estimate of drug-likeness (QED) is 0.172. The third-order valence-corrected chi connectivity index (χ3v) is 5.68. The molecule has 14 atom stereocenters. The molecule has 3 rings (SSSR count). The van der Waals surface area contributed by atoms with Crippen molar-refractivity contribution in [2.75, 3.05) is 19.8 Å². The molecule has 0 aromatic heterocycles. The molecule has 3 fully saturated rings. The summed E-state index contributed by atoms with van der Waals surface area (Å²) in [6.07, 6.45) is -22.4. The second-order valence-corrected chi connectivity index (χ2v) is 7.93. The fraction of sp³-hybridized carbons (Fsp3) is 1.00. The summed E-state index contributed by atoms with van der Waals surface area (Å²) in [4.78, 5) is 0. The van der Waals surface area contributed by atoms with Crippen LogP contribution in [0.1, 0.15) is 0 Å². The molecule has 10 N–H and O–H groups in total. The molecule has 0 spiro atoms. The molecular formula is C17H30O15. The highest BCUT2D eigenvalue weighted by Gasteiger charge is 2.49. The summed E-state index contributed by atoms with van der Waals surface area (Å²) in [5, 5.41) is 98.3. The van der Waals surface area contributed by atoms with Gasteiger partial charge in [-0.15, -0.1) is 0 Å². The molecule has 0 aromatic rings. The Bertz CT molecular complexity index is 594. The lowest BCUT2D eigenvalue weighted by Gasteiger charge is -2.44. The van der Waals surface area contributed by atoms with Gasteiger partial charge in [-0.2, -0.15) is 0 Å². The van der Waals surface area contributed by atoms with Crippen molar-refractivity contribution in [3.05, 3.63) is 0 Å². The summed E-state index contributed by atoms with van der Waals surface area (Å²) in [7, 11) is 0. The lowest BCUT2D eigenvalue weighted by molar-refractivity contribution is -0.362. The number of aliphatic hydroxyl groups is 10. The van der Waals surface area contributed by atoms with Crippen molar-refractivity contribution in [2.45, 2.75) is 86.0 Å².